The summed E-state index contributed by atoms with van der Waals surface area (Å²) < 4.78 is 14.5. The van der Waals surface area contributed by atoms with Gasteiger partial charge in [0.15, 0.2) is 5.78 Å². The Hall–Kier alpha value is -1.94. The van der Waals surface area contributed by atoms with E-state index < -0.39 is 0 Å². The molecular formula is C16H11BrFNO. The second-order valence-corrected chi connectivity index (χ2v) is 5.60. The van der Waals surface area contributed by atoms with E-state index in [2.05, 4.69) is 20.9 Å². The van der Waals surface area contributed by atoms with Crippen LogP contribution in [0.1, 0.15) is 21.5 Å². The number of aromatic amines is 1. The molecule has 2 nitrogen and oxygen atoms in total. The van der Waals surface area contributed by atoms with Crippen LogP contribution in [0.3, 0.4) is 0 Å². The van der Waals surface area contributed by atoms with Gasteiger partial charge < -0.3 is 4.98 Å². The first kappa shape index (κ1) is 13.1. The SMILES string of the molecule is Cc1ccc(C(=O)c2c[nH]c3ccc(Br)cc23)cc1F. The van der Waals surface area contributed by atoms with Crippen molar-refractivity contribution in [2.75, 3.05) is 0 Å². The Labute approximate surface area is 123 Å². The highest BCUT2D eigenvalue weighted by molar-refractivity contribution is 9.10. The van der Waals surface area contributed by atoms with Crippen molar-refractivity contribution in [3.05, 3.63) is 69.6 Å². The minimum Gasteiger partial charge on any atom is -0.360 e. The third-order valence-electron chi connectivity index (χ3n) is 3.32. The van der Waals surface area contributed by atoms with E-state index in [1.165, 1.54) is 6.07 Å². The molecule has 0 saturated heterocycles. The van der Waals surface area contributed by atoms with Crippen LogP contribution in [0.4, 0.5) is 4.39 Å². The van der Waals surface area contributed by atoms with Gasteiger partial charge in [-0.3, -0.25) is 4.79 Å². The van der Waals surface area contributed by atoms with E-state index in [9.17, 15) is 9.18 Å². The van der Waals surface area contributed by atoms with Crippen molar-refractivity contribution < 1.29 is 9.18 Å². The number of ketones is 1. The molecule has 3 aromatic rings. The lowest BCUT2D eigenvalue weighted by Crippen LogP contribution is -2.01. The summed E-state index contributed by atoms with van der Waals surface area (Å²) in [6, 6.07) is 10.2. The fraction of sp³-hybridized carbons (Fsp3) is 0.0625. The van der Waals surface area contributed by atoms with Crippen LogP contribution in [-0.2, 0) is 0 Å². The molecule has 0 bridgehead atoms. The molecule has 0 aliphatic rings. The van der Waals surface area contributed by atoms with Crippen LogP contribution >= 0.6 is 15.9 Å². The third kappa shape index (κ3) is 2.16. The Morgan fingerprint density at radius 3 is 2.75 bits per heavy atom. The molecule has 0 unspecified atom stereocenters. The summed E-state index contributed by atoms with van der Waals surface area (Å²) in [6.45, 7) is 1.67. The molecule has 100 valence electrons. The lowest BCUT2D eigenvalue weighted by molar-refractivity contribution is 0.104. The summed E-state index contributed by atoms with van der Waals surface area (Å²) >= 11 is 3.39. The Morgan fingerprint density at radius 2 is 2.00 bits per heavy atom. The van der Waals surface area contributed by atoms with Gasteiger partial charge >= 0.3 is 0 Å². The first-order valence-electron chi connectivity index (χ1n) is 6.14. The summed E-state index contributed by atoms with van der Waals surface area (Å²) in [7, 11) is 0. The van der Waals surface area contributed by atoms with Crippen molar-refractivity contribution in [3.63, 3.8) is 0 Å². The maximum Gasteiger partial charge on any atom is 0.195 e. The smallest absolute Gasteiger partial charge is 0.195 e. The van der Waals surface area contributed by atoms with Crippen molar-refractivity contribution in [3.8, 4) is 0 Å². The average Bonchev–Trinajstić information content (AvgIpc) is 2.84. The van der Waals surface area contributed by atoms with Gasteiger partial charge in [0.05, 0.1) is 0 Å². The van der Waals surface area contributed by atoms with Gasteiger partial charge in [-0.15, -0.1) is 0 Å². The van der Waals surface area contributed by atoms with Gasteiger partial charge in [-0.1, -0.05) is 28.1 Å². The van der Waals surface area contributed by atoms with E-state index in [-0.39, 0.29) is 11.6 Å². The Morgan fingerprint density at radius 1 is 1.20 bits per heavy atom. The summed E-state index contributed by atoms with van der Waals surface area (Å²) in [5.74, 6) is -0.551. The van der Waals surface area contributed by atoms with Crippen molar-refractivity contribution >= 4 is 32.6 Å². The first-order chi connectivity index (χ1) is 9.56. The van der Waals surface area contributed by atoms with E-state index in [4.69, 9.17) is 0 Å². The van der Waals surface area contributed by atoms with Gasteiger partial charge in [0.1, 0.15) is 5.82 Å². The highest BCUT2D eigenvalue weighted by atomic mass is 79.9. The Bertz CT molecular complexity index is 822. The molecule has 0 aliphatic carbocycles. The van der Waals surface area contributed by atoms with Crippen molar-refractivity contribution in [1.82, 2.24) is 4.98 Å². The maximum atomic E-state index is 13.6. The van der Waals surface area contributed by atoms with Crippen LogP contribution in [0.25, 0.3) is 10.9 Å². The number of fused-ring (bicyclic) bond motifs is 1. The van der Waals surface area contributed by atoms with Crippen LogP contribution in [-0.4, -0.2) is 10.8 Å². The van der Waals surface area contributed by atoms with Gasteiger partial charge in [-0.25, -0.2) is 4.39 Å². The van der Waals surface area contributed by atoms with E-state index >= 15 is 0 Å². The minimum absolute atomic E-state index is 0.187. The second-order valence-electron chi connectivity index (χ2n) is 4.69. The molecule has 2 aromatic carbocycles. The summed E-state index contributed by atoms with van der Waals surface area (Å²) in [6.07, 6.45) is 1.66. The summed E-state index contributed by atoms with van der Waals surface area (Å²) in [4.78, 5) is 15.6. The molecule has 0 radical (unpaired) electrons. The molecule has 0 fully saturated rings. The number of hydrogen-bond donors (Lipinski definition) is 1. The topological polar surface area (TPSA) is 32.9 Å². The molecule has 0 atom stereocenters. The van der Waals surface area contributed by atoms with Gasteiger partial charge in [-0.2, -0.15) is 0 Å². The highest BCUT2D eigenvalue weighted by Gasteiger charge is 2.15. The molecule has 1 heterocycles. The number of carbonyl (C=O) groups is 1. The van der Waals surface area contributed by atoms with Crippen molar-refractivity contribution in [2.45, 2.75) is 6.92 Å². The van der Waals surface area contributed by atoms with E-state index in [0.29, 0.717) is 16.7 Å². The number of benzene rings is 2. The molecule has 0 spiro atoms. The van der Waals surface area contributed by atoms with Crippen LogP contribution < -0.4 is 0 Å². The quantitative estimate of drug-likeness (QED) is 0.683. The molecule has 4 heteroatoms. The molecule has 3 rings (SSSR count). The summed E-state index contributed by atoms with van der Waals surface area (Å²) in [5, 5.41) is 0.824. The standard InChI is InChI=1S/C16H11BrFNO/c1-9-2-3-10(6-14(9)18)16(20)13-8-19-15-5-4-11(17)7-12(13)15/h2-8,19H,1H3. The molecule has 0 amide bonds. The lowest BCUT2D eigenvalue weighted by Gasteiger charge is -2.02. The summed E-state index contributed by atoms with van der Waals surface area (Å²) in [5.41, 5.74) is 2.31. The second kappa shape index (κ2) is 4.87. The maximum absolute atomic E-state index is 13.6. The van der Waals surface area contributed by atoms with Crippen LogP contribution in [0.15, 0.2) is 47.1 Å². The van der Waals surface area contributed by atoms with E-state index in [1.54, 1.807) is 25.3 Å². The number of carbonyl (C=O) groups excluding carboxylic acids is 1. The number of rotatable bonds is 2. The fourth-order valence-electron chi connectivity index (χ4n) is 2.17. The monoisotopic (exact) mass is 331 g/mol. The molecule has 1 aromatic heterocycles. The average molecular weight is 332 g/mol. The predicted molar refractivity (Wildman–Crippen MR) is 80.6 cm³/mol. The number of nitrogens with one attached hydrogen (secondary N) is 1. The number of hydrogen-bond acceptors (Lipinski definition) is 1. The molecule has 0 saturated carbocycles. The van der Waals surface area contributed by atoms with E-state index in [0.717, 1.165) is 15.4 Å². The largest absolute Gasteiger partial charge is 0.360 e. The molecule has 20 heavy (non-hydrogen) atoms. The highest BCUT2D eigenvalue weighted by Crippen LogP contribution is 2.25. The zero-order chi connectivity index (χ0) is 14.3. The van der Waals surface area contributed by atoms with Gasteiger partial charge in [-0.05, 0) is 36.8 Å². The number of aromatic nitrogens is 1. The van der Waals surface area contributed by atoms with Gasteiger partial charge in [0.25, 0.3) is 0 Å². The number of aryl methyl sites for hydroxylation is 1. The molecular weight excluding hydrogens is 321 g/mol. The lowest BCUT2D eigenvalue weighted by atomic mass is 10.0. The van der Waals surface area contributed by atoms with Crippen LogP contribution in [0, 0.1) is 12.7 Å². The van der Waals surface area contributed by atoms with Crippen molar-refractivity contribution in [2.24, 2.45) is 0 Å². The Kier molecular flexibility index (Phi) is 3.18. The molecule has 0 aliphatic heterocycles. The Balaban J connectivity index is 2.12. The first-order valence-corrected chi connectivity index (χ1v) is 6.93. The van der Waals surface area contributed by atoms with Crippen LogP contribution in [0.2, 0.25) is 0 Å². The van der Waals surface area contributed by atoms with Crippen LogP contribution in [0.5, 0.6) is 0 Å². The number of H-pyrrole nitrogens is 1. The van der Waals surface area contributed by atoms with Gasteiger partial charge in [0.2, 0.25) is 0 Å². The molecule has 1 N–H and O–H groups in total. The zero-order valence-electron chi connectivity index (χ0n) is 10.7. The normalized spacial score (nSPS) is 10.9. The third-order valence-corrected chi connectivity index (χ3v) is 3.82. The fourth-order valence-corrected chi connectivity index (χ4v) is 2.53. The zero-order valence-corrected chi connectivity index (χ0v) is 12.3. The minimum atomic E-state index is -0.364. The number of halogens is 2. The van der Waals surface area contributed by atoms with E-state index in [1.807, 2.05) is 18.2 Å². The van der Waals surface area contributed by atoms with Crippen molar-refractivity contribution in [1.29, 1.82) is 0 Å². The predicted octanol–water partition coefficient (Wildman–Crippen LogP) is 4.61. The van der Waals surface area contributed by atoms with Gasteiger partial charge in [0, 0.05) is 32.7 Å².